The van der Waals surface area contributed by atoms with E-state index < -0.39 is 5.97 Å². The molecular formula is C21H20Br2N6O4S2. The number of halogens is 2. The van der Waals surface area contributed by atoms with Gasteiger partial charge in [-0.2, -0.15) is 0 Å². The molecule has 0 saturated heterocycles. The summed E-state index contributed by atoms with van der Waals surface area (Å²) in [6.07, 6.45) is 3.59. The zero-order chi connectivity index (χ0) is 25.2. The van der Waals surface area contributed by atoms with E-state index >= 15 is 0 Å². The molecule has 10 nitrogen and oxygen atoms in total. The van der Waals surface area contributed by atoms with E-state index in [0.29, 0.717) is 29.2 Å². The maximum Gasteiger partial charge on any atom is 0.356 e. The summed E-state index contributed by atoms with van der Waals surface area (Å²) in [5.41, 5.74) is 0.818. The molecule has 0 atom stereocenters. The van der Waals surface area contributed by atoms with Gasteiger partial charge in [0.05, 0.1) is 19.4 Å². The van der Waals surface area contributed by atoms with Gasteiger partial charge in [-0.05, 0) is 24.3 Å². The van der Waals surface area contributed by atoms with Gasteiger partial charge in [-0.3, -0.25) is 4.57 Å². The molecule has 4 aromatic rings. The lowest BCUT2D eigenvalue weighted by atomic mass is 10.3. The van der Waals surface area contributed by atoms with Gasteiger partial charge in [0.1, 0.15) is 12.5 Å². The van der Waals surface area contributed by atoms with E-state index in [9.17, 15) is 4.79 Å². The van der Waals surface area contributed by atoms with Crippen LogP contribution < -0.4 is 10.1 Å². The van der Waals surface area contributed by atoms with Gasteiger partial charge in [0.15, 0.2) is 21.4 Å². The van der Waals surface area contributed by atoms with Crippen molar-refractivity contribution in [3.63, 3.8) is 0 Å². The van der Waals surface area contributed by atoms with Crippen molar-refractivity contribution >= 4 is 77.3 Å². The number of nitrogens with zero attached hydrogens (tertiary/aromatic N) is 5. The molecule has 0 fully saturated rings. The number of hydrogen-bond acceptors (Lipinski definition) is 11. The monoisotopic (exact) mass is 642 g/mol. The summed E-state index contributed by atoms with van der Waals surface area (Å²) in [5, 5.41) is 16.6. The number of aliphatic hydroxyl groups is 1. The van der Waals surface area contributed by atoms with Crippen LogP contribution in [0, 0.1) is 0 Å². The molecule has 4 heterocycles. The van der Waals surface area contributed by atoms with Gasteiger partial charge in [0, 0.05) is 39.2 Å². The molecule has 0 radical (unpaired) electrons. The van der Waals surface area contributed by atoms with E-state index in [1.165, 1.54) is 29.8 Å². The average molecular weight is 644 g/mol. The Morgan fingerprint density at radius 1 is 1.14 bits per heavy atom. The predicted octanol–water partition coefficient (Wildman–Crippen LogP) is 4.87. The Morgan fingerprint density at radius 3 is 2.63 bits per heavy atom. The van der Waals surface area contributed by atoms with Gasteiger partial charge in [0.25, 0.3) is 0 Å². The number of methoxy groups -OCH3 is 2. The second-order valence-electron chi connectivity index (χ2n) is 6.49. The van der Waals surface area contributed by atoms with Crippen LogP contribution in [0.25, 0.3) is 0 Å². The van der Waals surface area contributed by atoms with E-state index in [-0.39, 0.29) is 12.3 Å². The molecule has 0 saturated carbocycles. The van der Waals surface area contributed by atoms with Crippen LogP contribution in [0.4, 0.5) is 16.8 Å². The second-order valence-corrected chi connectivity index (χ2v) is 10.1. The highest BCUT2D eigenvalue weighted by atomic mass is 79.9. The standard InChI is InChI=1S/C11H12BrN3O2S.C10H8BrN3O2S/c1-17-7-15-2-3-18-11(15)14-10-5-8(12)4-9(6-16)13-10;1-16-9(15)7-4-6(11)5-8(13-7)14-10-12-2-3-17-10/h2-5,16H,6-7H2,1H3;2-5H,1H3,(H,12,13,14). The lowest BCUT2D eigenvalue weighted by Gasteiger charge is -2.05. The van der Waals surface area contributed by atoms with Crippen LogP contribution in [0.2, 0.25) is 0 Å². The summed E-state index contributed by atoms with van der Waals surface area (Å²) in [7, 11) is 2.95. The van der Waals surface area contributed by atoms with Crippen LogP contribution >= 0.6 is 54.5 Å². The fourth-order valence-electron chi connectivity index (χ4n) is 2.56. The minimum absolute atomic E-state index is 0.107. The summed E-state index contributed by atoms with van der Waals surface area (Å²) in [6, 6.07) is 6.92. The van der Waals surface area contributed by atoms with E-state index in [4.69, 9.17) is 9.84 Å². The fourth-order valence-corrected chi connectivity index (χ4v) is 4.72. The number of hydrogen-bond donors (Lipinski definition) is 2. The first-order chi connectivity index (χ1) is 16.9. The van der Waals surface area contributed by atoms with Gasteiger partial charge < -0.3 is 19.9 Å². The Hall–Kier alpha value is -2.49. The third-order valence-corrected chi connectivity index (χ3v) is 6.38. The molecule has 0 unspecified atom stereocenters. The summed E-state index contributed by atoms with van der Waals surface area (Å²) in [5.74, 6) is 0.615. The molecule has 35 heavy (non-hydrogen) atoms. The molecule has 0 spiro atoms. The third-order valence-electron chi connectivity index (χ3n) is 3.98. The Bertz CT molecular complexity index is 1330. The number of aromatic nitrogens is 4. The largest absolute Gasteiger partial charge is 0.464 e. The van der Waals surface area contributed by atoms with Crippen molar-refractivity contribution in [3.05, 3.63) is 72.6 Å². The summed E-state index contributed by atoms with van der Waals surface area (Å²) < 4.78 is 13.2. The lowest BCUT2D eigenvalue weighted by molar-refractivity contribution is 0.0594. The normalized spacial score (nSPS) is 11.1. The van der Waals surface area contributed by atoms with Crippen molar-refractivity contribution < 1.29 is 19.4 Å². The summed E-state index contributed by atoms with van der Waals surface area (Å²) in [6.45, 7) is 0.341. The third kappa shape index (κ3) is 8.30. The summed E-state index contributed by atoms with van der Waals surface area (Å²) in [4.78, 5) is 29.0. The minimum Gasteiger partial charge on any atom is -0.464 e. The number of esters is 1. The molecule has 0 bridgehead atoms. The molecule has 0 amide bonds. The van der Waals surface area contributed by atoms with Crippen LogP contribution in [0.1, 0.15) is 16.2 Å². The molecule has 2 N–H and O–H groups in total. The fraction of sp³-hybridized carbons (Fsp3) is 0.190. The lowest BCUT2D eigenvalue weighted by Crippen LogP contribution is -2.14. The smallest absolute Gasteiger partial charge is 0.356 e. The van der Waals surface area contributed by atoms with Gasteiger partial charge in [-0.15, -0.1) is 22.7 Å². The number of carbonyl (C=O) groups is 1. The van der Waals surface area contributed by atoms with Crippen molar-refractivity contribution in [3.8, 4) is 0 Å². The number of anilines is 2. The van der Waals surface area contributed by atoms with Crippen LogP contribution in [0.3, 0.4) is 0 Å². The number of nitrogens with one attached hydrogen (secondary N) is 1. The van der Waals surface area contributed by atoms with E-state index in [0.717, 1.165) is 13.7 Å². The molecule has 4 rings (SSSR count). The van der Waals surface area contributed by atoms with E-state index in [1.807, 2.05) is 21.5 Å². The van der Waals surface area contributed by atoms with Gasteiger partial charge in [-0.1, -0.05) is 31.9 Å². The molecule has 0 aromatic carbocycles. The molecular weight excluding hydrogens is 624 g/mol. The highest BCUT2D eigenvalue weighted by Gasteiger charge is 2.10. The molecule has 0 aliphatic rings. The quantitative estimate of drug-likeness (QED) is 0.274. The van der Waals surface area contributed by atoms with Crippen molar-refractivity contribution in [2.45, 2.75) is 13.3 Å². The van der Waals surface area contributed by atoms with Crippen molar-refractivity contribution in [2.24, 2.45) is 4.99 Å². The zero-order valence-electron chi connectivity index (χ0n) is 18.5. The van der Waals surface area contributed by atoms with Crippen molar-refractivity contribution in [1.29, 1.82) is 0 Å². The van der Waals surface area contributed by atoms with Gasteiger partial charge in [0.2, 0.25) is 0 Å². The van der Waals surface area contributed by atoms with Crippen LogP contribution in [-0.2, 0) is 22.8 Å². The van der Waals surface area contributed by atoms with E-state index in [1.54, 1.807) is 37.6 Å². The first-order valence-electron chi connectivity index (χ1n) is 9.79. The number of rotatable bonds is 7. The number of ether oxygens (including phenoxy) is 2. The molecule has 184 valence electrons. The predicted molar refractivity (Wildman–Crippen MR) is 141 cm³/mol. The Balaban J connectivity index is 0.000000196. The van der Waals surface area contributed by atoms with Crippen molar-refractivity contribution in [2.75, 3.05) is 19.5 Å². The Morgan fingerprint density at radius 2 is 1.94 bits per heavy atom. The Kier molecular flexibility index (Phi) is 10.5. The average Bonchev–Trinajstić information content (AvgIpc) is 3.51. The first-order valence-corrected chi connectivity index (χ1v) is 13.1. The summed E-state index contributed by atoms with van der Waals surface area (Å²) >= 11 is 9.63. The van der Waals surface area contributed by atoms with Crippen LogP contribution in [0.5, 0.6) is 0 Å². The second kappa shape index (κ2) is 13.6. The maximum absolute atomic E-state index is 11.4. The molecule has 0 aliphatic carbocycles. The highest BCUT2D eigenvalue weighted by Crippen LogP contribution is 2.21. The minimum atomic E-state index is -0.478. The zero-order valence-corrected chi connectivity index (χ0v) is 23.3. The van der Waals surface area contributed by atoms with Crippen LogP contribution in [0.15, 0.2) is 61.4 Å². The number of carbonyl (C=O) groups excluding carboxylic acids is 1. The van der Waals surface area contributed by atoms with Crippen molar-refractivity contribution in [1.82, 2.24) is 19.5 Å². The molecule has 14 heteroatoms. The topological polar surface area (TPSA) is 124 Å². The maximum atomic E-state index is 11.4. The van der Waals surface area contributed by atoms with Gasteiger partial charge >= 0.3 is 5.97 Å². The van der Waals surface area contributed by atoms with E-state index in [2.05, 4.69) is 61.9 Å². The van der Waals surface area contributed by atoms with Gasteiger partial charge in [-0.25, -0.2) is 24.7 Å². The number of thiazole rings is 2. The first kappa shape index (κ1) is 27.1. The molecule has 4 aromatic heterocycles. The molecule has 0 aliphatic heterocycles. The number of aliphatic hydroxyl groups excluding tert-OH is 1. The SMILES string of the molecule is COC(=O)c1cc(Br)cc(Nc2nccs2)n1.COCn1ccsc1=Nc1cc(Br)cc(CO)n1. The Labute approximate surface area is 225 Å². The highest BCUT2D eigenvalue weighted by molar-refractivity contribution is 9.10. The van der Waals surface area contributed by atoms with Crippen LogP contribution in [-0.4, -0.2) is 44.8 Å². The number of pyridine rings is 2.